The van der Waals surface area contributed by atoms with Gasteiger partial charge in [0.05, 0.1) is 11.9 Å². The van der Waals surface area contributed by atoms with Crippen molar-refractivity contribution >= 4 is 15.7 Å². The third-order valence-electron chi connectivity index (χ3n) is 3.35. The number of hydrogen-bond donors (Lipinski definition) is 1. The Morgan fingerprint density at radius 3 is 2.79 bits per heavy atom. The molecule has 0 aliphatic carbocycles. The Morgan fingerprint density at radius 2 is 2.16 bits per heavy atom. The van der Waals surface area contributed by atoms with E-state index in [0.29, 0.717) is 17.8 Å². The molecule has 0 radical (unpaired) electrons. The standard InChI is InChI=1S/C13H20N2O3S/c1-15(9-12-6-4-8-18-12)19(16,17)10-11-5-2-3-7-13(11)14/h2-3,5,7,12H,4,6,8-10,14H2,1H3. The SMILES string of the molecule is CN(CC1CCCO1)S(=O)(=O)Cc1ccccc1N. The number of nitrogens with two attached hydrogens (primary N) is 1. The Hall–Kier alpha value is -1.11. The molecular weight excluding hydrogens is 264 g/mol. The summed E-state index contributed by atoms with van der Waals surface area (Å²) in [5.74, 6) is -0.0666. The zero-order valence-corrected chi connectivity index (χ0v) is 11.9. The molecule has 0 spiro atoms. The molecule has 1 saturated heterocycles. The van der Waals surface area contributed by atoms with Gasteiger partial charge in [0.15, 0.2) is 0 Å². The lowest BCUT2D eigenvalue weighted by Crippen LogP contribution is -2.35. The molecule has 1 atom stereocenters. The van der Waals surface area contributed by atoms with Gasteiger partial charge in [-0.2, -0.15) is 0 Å². The van der Waals surface area contributed by atoms with Crippen molar-refractivity contribution < 1.29 is 13.2 Å². The topological polar surface area (TPSA) is 72.6 Å². The predicted molar refractivity (Wildman–Crippen MR) is 75.1 cm³/mol. The Balaban J connectivity index is 2.03. The van der Waals surface area contributed by atoms with Crippen LogP contribution in [-0.2, 0) is 20.5 Å². The highest BCUT2D eigenvalue weighted by atomic mass is 32.2. The summed E-state index contributed by atoms with van der Waals surface area (Å²) in [6.07, 6.45) is 1.95. The number of ether oxygens (including phenoxy) is 1. The van der Waals surface area contributed by atoms with E-state index in [9.17, 15) is 8.42 Å². The third kappa shape index (κ3) is 3.68. The second kappa shape index (κ2) is 5.90. The lowest BCUT2D eigenvalue weighted by Gasteiger charge is -2.20. The summed E-state index contributed by atoms with van der Waals surface area (Å²) in [6.45, 7) is 1.14. The molecular formula is C13H20N2O3S. The van der Waals surface area contributed by atoms with Gasteiger partial charge in [0.1, 0.15) is 0 Å². The van der Waals surface area contributed by atoms with Crippen molar-refractivity contribution in [3.8, 4) is 0 Å². The van der Waals surface area contributed by atoms with Gasteiger partial charge in [0.25, 0.3) is 0 Å². The fourth-order valence-corrected chi connectivity index (χ4v) is 3.43. The number of hydrogen-bond acceptors (Lipinski definition) is 4. The normalized spacial score (nSPS) is 20.0. The molecule has 2 N–H and O–H groups in total. The fourth-order valence-electron chi connectivity index (χ4n) is 2.16. The summed E-state index contributed by atoms with van der Waals surface area (Å²) < 4.78 is 31.3. The summed E-state index contributed by atoms with van der Waals surface area (Å²) in [6, 6.07) is 7.04. The lowest BCUT2D eigenvalue weighted by molar-refractivity contribution is 0.0978. The van der Waals surface area contributed by atoms with Crippen LogP contribution in [0, 0.1) is 0 Å². The van der Waals surface area contributed by atoms with Gasteiger partial charge in [0, 0.05) is 25.9 Å². The first-order valence-electron chi connectivity index (χ1n) is 6.38. The molecule has 2 rings (SSSR count). The molecule has 1 heterocycles. The molecule has 1 fully saturated rings. The van der Waals surface area contributed by atoms with Crippen molar-refractivity contribution in [1.82, 2.24) is 4.31 Å². The van der Waals surface area contributed by atoms with E-state index in [1.54, 1.807) is 31.3 Å². The van der Waals surface area contributed by atoms with Crippen molar-refractivity contribution in [2.24, 2.45) is 0 Å². The maximum Gasteiger partial charge on any atom is 0.218 e. The molecule has 106 valence electrons. The van der Waals surface area contributed by atoms with Crippen LogP contribution in [0.15, 0.2) is 24.3 Å². The molecule has 1 aliphatic heterocycles. The maximum atomic E-state index is 12.3. The number of benzene rings is 1. The van der Waals surface area contributed by atoms with Gasteiger partial charge in [-0.05, 0) is 24.5 Å². The summed E-state index contributed by atoms with van der Waals surface area (Å²) in [5, 5.41) is 0. The third-order valence-corrected chi connectivity index (χ3v) is 5.13. The zero-order valence-electron chi connectivity index (χ0n) is 11.1. The van der Waals surface area contributed by atoms with Gasteiger partial charge in [-0.3, -0.25) is 0 Å². The number of nitrogen functional groups attached to an aromatic ring is 1. The predicted octanol–water partition coefficient (Wildman–Crippen LogP) is 1.21. The Bertz CT molecular complexity index is 524. The Morgan fingerprint density at radius 1 is 1.42 bits per heavy atom. The molecule has 6 heteroatoms. The van der Waals surface area contributed by atoms with Crippen molar-refractivity contribution in [3.05, 3.63) is 29.8 Å². The average Bonchev–Trinajstić information content (AvgIpc) is 2.84. The smallest absolute Gasteiger partial charge is 0.218 e. The first-order valence-corrected chi connectivity index (χ1v) is 7.99. The molecule has 0 bridgehead atoms. The van der Waals surface area contributed by atoms with Gasteiger partial charge in [-0.15, -0.1) is 0 Å². The Labute approximate surface area is 114 Å². The van der Waals surface area contributed by atoms with Crippen LogP contribution in [-0.4, -0.2) is 39.0 Å². The van der Waals surface area contributed by atoms with E-state index in [1.807, 2.05) is 0 Å². The molecule has 19 heavy (non-hydrogen) atoms. The van der Waals surface area contributed by atoms with Crippen molar-refractivity contribution in [2.75, 3.05) is 25.9 Å². The van der Waals surface area contributed by atoms with Gasteiger partial charge in [-0.1, -0.05) is 18.2 Å². The van der Waals surface area contributed by atoms with E-state index in [4.69, 9.17) is 10.5 Å². The van der Waals surface area contributed by atoms with Crippen LogP contribution in [0.2, 0.25) is 0 Å². The van der Waals surface area contributed by atoms with E-state index in [1.165, 1.54) is 4.31 Å². The van der Waals surface area contributed by atoms with Crippen LogP contribution in [0.1, 0.15) is 18.4 Å². The zero-order chi connectivity index (χ0) is 13.9. The number of anilines is 1. The number of likely N-dealkylation sites (N-methyl/N-ethyl adjacent to an activating group) is 1. The van der Waals surface area contributed by atoms with Gasteiger partial charge >= 0.3 is 0 Å². The second-order valence-corrected chi connectivity index (χ2v) is 6.95. The van der Waals surface area contributed by atoms with Crippen molar-refractivity contribution in [2.45, 2.75) is 24.7 Å². The number of rotatable bonds is 5. The highest BCUT2D eigenvalue weighted by molar-refractivity contribution is 7.88. The monoisotopic (exact) mass is 284 g/mol. The first-order chi connectivity index (χ1) is 8.99. The largest absolute Gasteiger partial charge is 0.398 e. The van der Waals surface area contributed by atoms with E-state index >= 15 is 0 Å². The van der Waals surface area contributed by atoms with Crippen LogP contribution >= 0.6 is 0 Å². The number of sulfonamides is 1. The number of nitrogens with zero attached hydrogens (tertiary/aromatic N) is 1. The van der Waals surface area contributed by atoms with Crippen LogP contribution in [0.5, 0.6) is 0 Å². The van der Waals surface area contributed by atoms with Crippen molar-refractivity contribution in [1.29, 1.82) is 0 Å². The minimum Gasteiger partial charge on any atom is -0.398 e. The molecule has 1 aromatic carbocycles. The molecule has 1 aromatic rings. The highest BCUT2D eigenvalue weighted by Gasteiger charge is 2.25. The van der Waals surface area contributed by atoms with E-state index in [0.717, 1.165) is 19.4 Å². The van der Waals surface area contributed by atoms with Crippen molar-refractivity contribution in [3.63, 3.8) is 0 Å². The average molecular weight is 284 g/mol. The van der Waals surface area contributed by atoms with Crippen LogP contribution in [0.3, 0.4) is 0 Å². The quantitative estimate of drug-likeness (QED) is 0.825. The maximum absolute atomic E-state index is 12.3. The molecule has 1 unspecified atom stereocenters. The molecule has 5 nitrogen and oxygen atoms in total. The minimum atomic E-state index is -3.35. The number of para-hydroxylation sites is 1. The van der Waals surface area contributed by atoms with Crippen LogP contribution in [0.4, 0.5) is 5.69 Å². The second-order valence-electron chi connectivity index (χ2n) is 4.87. The summed E-state index contributed by atoms with van der Waals surface area (Å²) >= 11 is 0. The fraction of sp³-hybridized carbons (Fsp3) is 0.538. The molecule has 1 aliphatic rings. The van der Waals surface area contributed by atoms with Crippen LogP contribution in [0.25, 0.3) is 0 Å². The summed E-state index contributed by atoms with van der Waals surface area (Å²) in [7, 11) is -1.76. The Kier molecular flexibility index (Phi) is 4.44. The lowest BCUT2D eigenvalue weighted by atomic mass is 10.2. The first kappa shape index (κ1) is 14.3. The molecule has 0 amide bonds. The van der Waals surface area contributed by atoms with Crippen LogP contribution < -0.4 is 5.73 Å². The van der Waals surface area contributed by atoms with E-state index < -0.39 is 10.0 Å². The summed E-state index contributed by atoms with van der Waals surface area (Å²) in [4.78, 5) is 0. The van der Waals surface area contributed by atoms with E-state index in [-0.39, 0.29) is 11.9 Å². The summed E-state index contributed by atoms with van der Waals surface area (Å²) in [5.41, 5.74) is 6.94. The molecule has 0 saturated carbocycles. The minimum absolute atomic E-state index is 0.0212. The van der Waals surface area contributed by atoms with E-state index in [2.05, 4.69) is 0 Å². The van der Waals surface area contributed by atoms with Gasteiger partial charge in [-0.25, -0.2) is 12.7 Å². The highest BCUT2D eigenvalue weighted by Crippen LogP contribution is 2.18. The van der Waals surface area contributed by atoms with Gasteiger partial charge in [0.2, 0.25) is 10.0 Å². The van der Waals surface area contributed by atoms with Gasteiger partial charge < -0.3 is 10.5 Å². The molecule has 0 aromatic heterocycles.